The third kappa shape index (κ3) is 6.01. The second-order valence-electron chi connectivity index (χ2n) is 6.67. The van der Waals surface area contributed by atoms with Crippen LogP contribution in [0.1, 0.15) is 38.2 Å². The fourth-order valence-electron chi connectivity index (χ4n) is 3.08. The minimum atomic E-state index is -1.05. The highest BCUT2D eigenvalue weighted by Gasteiger charge is 2.37. The van der Waals surface area contributed by atoms with Crippen molar-refractivity contribution in [2.45, 2.75) is 51.1 Å². The van der Waals surface area contributed by atoms with Crippen molar-refractivity contribution >= 4 is 41.2 Å². The zero-order valence-electron chi connectivity index (χ0n) is 15.6. The van der Waals surface area contributed by atoms with Gasteiger partial charge in [-0.25, -0.2) is 9.59 Å². The van der Waals surface area contributed by atoms with Crippen molar-refractivity contribution in [2.24, 2.45) is 0 Å². The van der Waals surface area contributed by atoms with Crippen LogP contribution in [0, 0.1) is 0 Å². The van der Waals surface area contributed by atoms with E-state index in [1.807, 2.05) is 6.92 Å². The minimum absolute atomic E-state index is 0.140. The van der Waals surface area contributed by atoms with E-state index in [9.17, 15) is 19.5 Å². The van der Waals surface area contributed by atoms with E-state index in [-0.39, 0.29) is 13.0 Å². The Morgan fingerprint density at radius 3 is 2.71 bits per heavy atom. The summed E-state index contributed by atoms with van der Waals surface area (Å²) in [6.07, 6.45) is 2.00. The SMILES string of the molecule is CCCCOC(=O)N[C@@H](Cc1ccc(Cl)c(Cl)c1)C(=O)N1CCC[C@H]1C(=O)O. The standard InChI is InChI=1S/C19H24Cl2N2O5/c1-2-3-9-28-19(27)22-15(11-12-6-7-13(20)14(21)10-12)17(24)23-8-4-5-16(23)18(25)26/h6-7,10,15-16H,2-5,8-9,11H2,1H3,(H,22,27)(H,25,26)/t15-,16-/m0/s1. The first kappa shape index (κ1) is 22.3. The number of halogens is 2. The number of nitrogens with one attached hydrogen (secondary N) is 1. The van der Waals surface area contributed by atoms with Crippen LogP contribution in [0.25, 0.3) is 0 Å². The number of hydrogen-bond donors (Lipinski definition) is 2. The largest absolute Gasteiger partial charge is 0.480 e. The number of carbonyl (C=O) groups excluding carboxylic acids is 2. The summed E-state index contributed by atoms with van der Waals surface area (Å²) >= 11 is 12.0. The molecule has 0 radical (unpaired) electrons. The second-order valence-corrected chi connectivity index (χ2v) is 7.48. The molecule has 1 aromatic rings. The fourth-order valence-corrected chi connectivity index (χ4v) is 3.40. The molecule has 9 heteroatoms. The summed E-state index contributed by atoms with van der Waals surface area (Å²) in [6.45, 7) is 2.55. The van der Waals surface area contributed by atoms with Crippen molar-refractivity contribution < 1.29 is 24.2 Å². The first-order chi connectivity index (χ1) is 13.3. The van der Waals surface area contributed by atoms with Gasteiger partial charge in [-0.15, -0.1) is 0 Å². The Bertz CT molecular complexity index is 728. The maximum atomic E-state index is 13.0. The smallest absolute Gasteiger partial charge is 0.407 e. The summed E-state index contributed by atoms with van der Waals surface area (Å²) in [4.78, 5) is 37.9. The molecule has 28 heavy (non-hydrogen) atoms. The quantitative estimate of drug-likeness (QED) is 0.615. The number of unbranched alkanes of at least 4 members (excludes halogenated alkanes) is 1. The molecule has 1 aliphatic heterocycles. The van der Waals surface area contributed by atoms with Crippen molar-refractivity contribution in [3.63, 3.8) is 0 Å². The number of alkyl carbamates (subject to hydrolysis) is 1. The Labute approximate surface area is 173 Å². The van der Waals surface area contributed by atoms with Crippen LogP contribution in [0.4, 0.5) is 4.79 Å². The molecule has 0 bridgehead atoms. The van der Waals surface area contributed by atoms with Gasteiger partial charge in [-0.1, -0.05) is 42.6 Å². The average Bonchev–Trinajstić information content (AvgIpc) is 3.14. The summed E-state index contributed by atoms with van der Waals surface area (Å²) in [5, 5.41) is 12.6. The molecular formula is C19H24Cl2N2O5. The number of ether oxygens (including phenoxy) is 1. The van der Waals surface area contributed by atoms with Gasteiger partial charge in [0.15, 0.2) is 0 Å². The number of nitrogens with zero attached hydrogens (tertiary/aromatic N) is 1. The Kier molecular flexibility index (Phi) is 8.38. The monoisotopic (exact) mass is 430 g/mol. The van der Waals surface area contributed by atoms with Crippen molar-refractivity contribution in [3.8, 4) is 0 Å². The third-order valence-corrected chi connectivity index (χ3v) is 5.31. The first-order valence-corrected chi connectivity index (χ1v) is 9.99. The Morgan fingerprint density at radius 2 is 2.07 bits per heavy atom. The minimum Gasteiger partial charge on any atom is -0.480 e. The van der Waals surface area contributed by atoms with Gasteiger partial charge in [-0.2, -0.15) is 0 Å². The molecule has 0 aromatic heterocycles. The van der Waals surface area contributed by atoms with Crippen molar-refractivity contribution in [3.05, 3.63) is 33.8 Å². The van der Waals surface area contributed by atoms with Crippen LogP contribution in [-0.2, 0) is 20.7 Å². The number of benzene rings is 1. The lowest BCUT2D eigenvalue weighted by Crippen LogP contribution is -2.52. The van der Waals surface area contributed by atoms with Crippen LogP contribution in [0.3, 0.4) is 0 Å². The number of carboxylic acid groups (broad SMARTS) is 1. The topological polar surface area (TPSA) is 95.9 Å². The second kappa shape index (κ2) is 10.5. The van der Waals surface area contributed by atoms with Crippen LogP contribution in [-0.4, -0.2) is 53.2 Å². The van der Waals surface area contributed by atoms with E-state index in [0.29, 0.717) is 41.4 Å². The Hall–Kier alpha value is -1.99. The molecule has 0 saturated carbocycles. The third-order valence-electron chi connectivity index (χ3n) is 4.57. The van der Waals surface area contributed by atoms with Crippen LogP contribution in [0.15, 0.2) is 18.2 Å². The van der Waals surface area contributed by atoms with Crippen LogP contribution < -0.4 is 5.32 Å². The highest BCUT2D eigenvalue weighted by Crippen LogP contribution is 2.24. The van der Waals surface area contributed by atoms with Crippen LogP contribution in [0.5, 0.6) is 0 Å². The molecule has 2 N–H and O–H groups in total. The van der Waals surface area contributed by atoms with Gasteiger partial charge in [-0.3, -0.25) is 4.79 Å². The van der Waals surface area contributed by atoms with Crippen molar-refractivity contribution in [2.75, 3.05) is 13.2 Å². The number of hydrogen-bond acceptors (Lipinski definition) is 4. The molecule has 2 rings (SSSR count). The number of amides is 2. The van der Waals surface area contributed by atoms with Gasteiger partial charge in [0.05, 0.1) is 16.7 Å². The summed E-state index contributed by atoms with van der Waals surface area (Å²) < 4.78 is 5.10. The molecule has 1 saturated heterocycles. The number of carbonyl (C=O) groups is 3. The summed E-state index contributed by atoms with van der Waals surface area (Å²) in [5.74, 6) is -1.51. The van der Waals surface area contributed by atoms with E-state index in [1.54, 1.807) is 18.2 Å². The molecule has 1 fully saturated rings. The zero-order chi connectivity index (χ0) is 20.7. The molecule has 0 aliphatic carbocycles. The Balaban J connectivity index is 2.16. The van der Waals surface area contributed by atoms with E-state index in [4.69, 9.17) is 27.9 Å². The number of likely N-dealkylation sites (tertiary alicyclic amines) is 1. The van der Waals surface area contributed by atoms with Crippen LogP contribution in [0.2, 0.25) is 10.0 Å². The maximum Gasteiger partial charge on any atom is 0.407 e. The van der Waals surface area contributed by atoms with Gasteiger partial charge < -0.3 is 20.1 Å². The van der Waals surface area contributed by atoms with Gasteiger partial charge in [0, 0.05) is 13.0 Å². The van der Waals surface area contributed by atoms with Gasteiger partial charge in [0.1, 0.15) is 12.1 Å². The molecule has 7 nitrogen and oxygen atoms in total. The first-order valence-electron chi connectivity index (χ1n) is 9.24. The maximum absolute atomic E-state index is 13.0. The number of rotatable bonds is 8. The summed E-state index contributed by atoms with van der Waals surface area (Å²) in [6, 6.07) is 3.08. The van der Waals surface area contributed by atoms with E-state index in [0.717, 1.165) is 6.42 Å². The van der Waals surface area contributed by atoms with Crippen LogP contribution >= 0.6 is 23.2 Å². The van der Waals surface area contributed by atoms with E-state index in [2.05, 4.69) is 5.32 Å². The molecule has 1 aromatic carbocycles. The number of carboxylic acids is 1. The normalized spacial score (nSPS) is 17.2. The molecule has 2 atom stereocenters. The Morgan fingerprint density at radius 1 is 1.32 bits per heavy atom. The lowest BCUT2D eigenvalue weighted by molar-refractivity contribution is -0.148. The van der Waals surface area contributed by atoms with E-state index in [1.165, 1.54) is 4.90 Å². The average molecular weight is 431 g/mol. The predicted molar refractivity (Wildman–Crippen MR) is 106 cm³/mol. The summed E-state index contributed by atoms with van der Waals surface area (Å²) in [7, 11) is 0. The molecule has 2 amide bonds. The predicted octanol–water partition coefficient (Wildman–Crippen LogP) is 3.51. The molecular weight excluding hydrogens is 407 g/mol. The molecule has 154 valence electrons. The van der Waals surface area contributed by atoms with Gasteiger partial charge >= 0.3 is 12.1 Å². The zero-order valence-corrected chi connectivity index (χ0v) is 17.1. The van der Waals surface area contributed by atoms with Gasteiger partial charge in [-0.05, 0) is 37.0 Å². The van der Waals surface area contributed by atoms with E-state index < -0.39 is 30.1 Å². The summed E-state index contributed by atoms with van der Waals surface area (Å²) in [5.41, 5.74) is 0.688. The lowest BCUT2D eigenvalue weighted by Gasteiger charge is -2.27. The van der Waals surface area contributed by atoms with Gasteiger partial charge in [0.25, 0.3) is 0 Å². The van der Waals surface area contributed by atoms with Crippen molar-refractivity contribution in [1.82, 2.24) is 10.2 Å². The lowest BCUT2D eigenvalue weighted by atomic mass is 10.0. The molecule has 0 unspecified atom stereocenters. The number of aliphatic carboxylic acids is 1. The molecule has 1 aliphatic rings. The fraction of sp³-hybridized carbons (Fsp3) is 0.526. The molecule has 0 spiro atoms. The van der Waals surface area contributed by atoms with Gasteiger partial charge in [0.2, 0.25) is 5.91 Å². The van der Waals surface area contributed by atoms with Crippen molar-refractivity contribution in [1.29, 1.82) is 0 Å². The molecule has 1 heterocycles. The highest BCUT2D eigenvalue weighted by molar-refractivity contribution is 6.42. The highest BCUT2D eigenvalue weighted by atomic mass is 35.5. The van der Waals surface area contributed by atoms with E-state index >= 15 is 0 Å².